The number of likely N-dealkylation sites (tertiary alicyclic amines) is 1. The van der Waals surface area contributed by atoms with Crippen LogP contribution in [-0.2, 0) is 15.0 Å². The molecule has 0 spiro atoms. The van der Waals surface area contributed by atoms with Gasteiger partial charge in [-0.15, -0.1) is 0 Å². The van der Waals surface area contributed by atoms with Gasteiger partial charge in [0.05, 0.1) is 18.4 Å². The van der Waals surface area contributed by atoms with E-state index in [-0.39, 0.29) is 24.4 Å². The molecule has 1 amide bonds. The van der Waals surface area contributed by atoms with Crippen molar-refractivity contribution in [1.29, 1.82) is 0 Å². The fourth-order valence-electron chi connectivity index (χ4n) is 4.53. The minimum atomic E-state index is -4.59. The van der Waals surface area contributed by atoms with E-state index in [2.05, 4.69) is 5.32 Å². The number of nitrogens with one attached hydrogen (secondary N) is 1. The minimum absolute atomic E-state index is 0.139. The lowest BCUT2D eigenvalue weighted by Gasteiger charge is -2.30. The lowest BCUT2D eigenvalue weighted by atomic mass is 9.79. The van der Waals surface area contributed by atoms with Crippen molar-refractivity contribution in [2.24, 2.45) is 11.8 Å². The van der Waals surface area contributed by atoms with Gasteiger partial charge in [-0.05, 0) is 18.4 Å². The number of carboxylic acids is 1. The Bertz CT molecular complexity index is 702. The molecule has 0 aromatic heterocycles. The minimum Gasteiger partial charge on any atom is -0.481 e. The van der Waals surface area contributed by atoms with Crippen molar-refractivity contribution >= 4 is 11.9 Å². The molecule has 5 nitrogen and oxygen atoms in total. The lowest BCUT2D eigenvalue weighted by Crippen LogP contribution is -2.43. The van der Waals surface area contributed by atoms with Crippen LogP contribution in [0.2, 0.25) is 0 Å². The fourth-order valence-corrected chi connectivity index (χ4v) is 4.53. The van der Waals surface area contributed by atoms with Gasteiger partial charge in [0.25, 0.3) is 0 Å². The third kappa shape index (κ3) is 4.48. The third-order valence-electron chi connectivity index (χ3n) is 6.07. The summed E-state index contributed by atoms with van der Waals surface area (Å²) in [5, 5.41) is 12.0. The zero-order valence-electron chi connectivity index (χ0n) is 15.5. The molecule has 1 aromatic rings. The molecule has 1 aromatic carbocycles. The van der Waals surface area contributed by atoms with E-state index in [1.165, 1.54) is 4.90 Å². The van der Waals surface area contributed by atoms with Crippen LogP contribution in [0.25, 0.3) is 0 Å². The van der Waals surface area contributed by atoms with Crippen LogP contribution in [0.15, 0.2) is 30.3 Å². The highest BCUT2D eigenvalue weighted by Crippen LogP contribution is 2.40. The molecule has 2 fully saturated rings. The Labute approximate surface area is 161 Å². The summed E-state index contributed by atoms with van der Waals surface area (Å²) < 4.78 is 39.2. The Morgan fingerprint density at radius 1 is 1.14 bits per heavy atom. The summed E-state index contributed by atoms with van der Waals surface area (Å²) in [7, 11) is 0. The summed E-state index contributed by atoms with van der Waals surface area (Å²) in [6, 6.07) is 9.95. The maximum Gasteiger partial charge on any atom is 0.393 e. The summed E-state index contributed by atoms with van der Waals surface area (Å²) >= 11 is 0. The zero-order chi connectivity index (χ0) is 20.4. The molecule has 1 aliphatic carbocycles. The number of rotatable bonds is 6. The molecule has 1 saturated carbocycles. The number of alkyl halides is 3. The number of carbonyl (C=O) groups is 2. The SMILES string of the molecule is O=C(CN1C[C@@H](C(F)(F)F)[C@H](C(=O)O)C1)NCC1(c2ccccc2)CCCC1. The molecule has 0 bridgehead atoms. The van der Waals surface area contributed by atoms with Crippen molar-refractivity contribution in [3.05, 3.63) is 35.9 Å². The number of hydrogen-bond acceptors (Lipinski definition) is 3. The molecule has 3 rings (SSSR count). The van der Waals surface area contributed by atoms with Gasteiger partial charge in [-0.1, -0.05) is 43.2 Å². The van der Waals surface area contributed by atoms with Gasteiger partial charge >= 0.3 is 12.1 Å². The van der Waals surface area contributed by atoms with E-state index in [4.69, 9.17) is 5.11 Å². The first-order valence-corrected chi connectivity index (χ1v) is 9.55. The van der Waals surface area contributed by atoms with E-state index in [1.807, 2.05) is 30.3 Å². The molecule has 0 radical (unpaired) electrons. The molecule has 1 aliphatic heterocycles. The van der Waals surface area contributed by atoms with E-state index in [0.29, 0.717) is 6.54 Å². The molecule has 1 heterocycles. The molecular weight excluding hydrogens is 373 g/mol. The van der Waals surface area contributed by atoms with Gasteiger partial charge in [-0.25, -0.2) is 0 Å². The maximum absolute atomic E-state index is 13.1. The maximum atomic E-state index is 13.1. The van der Waals surface area contributed by atoms with Crippen LogP contribution < -0.4 is 5.32 Å². The van der Waals surface area contributed by atoms with Crippen molar-refractivity contribution in [3.8, 4) is 0 Å². The van der Waals surface area contributed by atoms with Gasteiger partial charge in [0.2, 0.25) is 5.91 Å². The van der Waals surface area contributed by atoms with Gasteiger partial charge in [0.15, 0.2) is 0 Å². The Morgan fingerprint density at radius 2 is 1.79 bits per heavy atom. The molecule has 2 aliphatic rings. The normalized spacial score (nSPS) is 25.0. The van der Waals surface area contributed by atoms with E-state index in [0.717, 1.165) is 31.2 Å². The fraction of sp³-hybridized carbons (Fsp3) is 0.600. The molecule has 28 heavy (non-hydrogen) atoms. The van der Waals surface area contributed by atoms with Crippen molar-refractivity contribution < 1.29 is 27.9 Å². The second-order valence-corrected chi connectivity index (χ2v) is 7.92. The Morgan fingerprint density at radius 3 is 2.32 bits per heavy atom. The van der Waals surface area contributed by atoms with Crippen LogP contribution in [0.3, 0.4) is 0 Å². The van der Waals surface area contributed by atoms with Crippen LogP contribution in [0.5, 0.6) is 0 Å². The van der Waals surface area contributed by atoms with Gasteiger partial charge in [-0.2, -0.15) is 13.2 Å². The second-order valence-electron chi connectivity index (χ2n) is 7.92. The highest BCUT2D eigenvalue weighted by atomic mass is 19.4. The first-order valence-electron chi connectivity index (χ1n) is 9.55. The zero-order valence-corrected chi connectivity index (χ0v) is 15.5. The van der Waals surface area contributed by atoms with Gasteiger partial charge in [0, 0.05) is 25.0 Å². The first-order chi connectivity index (χ1) is 13.2. The summed E-state index contributed by atoms with van der Waals surface area (Å²) in [5.74, 6) is -5.31. The Balaban J connectivity index is 1.59. The number of carbonyl (C=O) groups excluding carboxylic acids is 1. The predicted octanol–water partition coefficient (Wildman–Crippen LogP) is 2.81. The molecular formula is C20H25F3N2O3. The number of benzene rings is 1. The van der Waals surface area contributed by atoms with Gasteiger partial charge in [-0.3, -0.25) is 14.5 Å². The highest BCUT2D eigenvalue weighted by molar-refractivity contribution is 5.78. The van der Waals surface area contributed by atoms with Crippen molar-refractivity contribution in [1.82, 2.24) is 10.2 Å². The monoisotopic (exact) mass is 398 g/mol. The molecule has 2 N–H and O–H groups in total. The number of halogens is 3. The Hall–Kier alpha value is -2.09. The molecule has 2 atom stereocenters. The van der Waals surface area contributed by atoms with Crippen molar-refractivity contribution in [2.45, 2.75) is 37.3 Å². The second kappa shape index (κ2) is 8.11. The van der Waals surface area contributed by atoms with Gasteiger partial charge < -0.3 is 10.4 Å². The number of nitrogens with zero attached hydrogens (tertiary/aromatic N) is 1. The van der Waals surface area contributed by atoms with Crippen LogP contribution in [0.1, 0.15) is 31.2 Å². The summed E-state index contributed by atoms with van der Waals surface area (Å²) in [6.07, 6.45) is -0.527. The molecule has 0 unspecified atom stereocenters. The quantitative estimate of drug-likeness (QED) is 0.773. The van der Waals surface area contributed by atoms with Crippen molar-refractivity contribution in [3.63, 3.8) is 0 Å². The van der Waals surface area contributed by atoms with Crippen LogP contribution in [-0.4, -0.2) is 54.2 Å². The summed E-state index contributed by atoms with van der Waals surface area (Å²) in [5.41, 5.74) is 1.03. The predicted molar refractivity (Wildman–Crippen MR) is 96.7 cm³/mol. The topological polar surface area (TPSA) is 69.6 Å². The van der Waals surface area contributed by atoms with Crippen LogP contribution in [0.4, 0.5) is 13.2 Å². The summed E-state index contributed by atoms with van der Waals surface area (Å²) in [6.45, 7) is -0.509. The number of carboxylic acid groups (broad SMARTS) is 1. The first kappa shape index (κ1) is 20.6. The average Bonchev–Trinajstić information content (AvgIpc) is 3.28. The van der Waals surface area contributed by atoms with Crippen LogP contribution in [0, 0.1) is 11.8 Å². The van der Waals surface area contributed by atoms with E-state index >= 15 is 0 Å². The number of amides is 1. The standard InChI is InChI=1S/C20H25F3N2O3/c21-20(22,23)16-11-25(10-15(16)18(27)28)12-17(26)24-13-19(8-4-5-9-19)14-6-2-1-3-7-14/h1-3,6-7,15-16H,4-5,8-13H2,(H,24,26)(H,27,28)/t15-,16-/m1/s1. The molecule has 154 valence electrons. The molecule has 8 heteroatoms. The van der Waals surface area contributed by atoms with E-state index < -0.39 is 30.5 Å². The number of aliphatic carboxylic acids is 1. The van der Waals surface area contributed by atoms with Crippen LogP contribution >= 0.6 is 0 Å². The molecule has 1 saturated heterocycles. The Kier molecular flexibility index (Phi) is 5.98. The average molecular weight is 398 g/mol. The largest absolute Gasteiger partial charge is 0.481 e. The van der Waals surface area contributed by atoms with E-state index in [9.17, 15) is 22.8 Å². The number of hydrogen-bond donors (Lipinski definition) is 2. The van der Waals surface area contributed by atoms with E-state index in [1.54, 1.807) is 0 Å². The third-order valence-corrected chi connectivity index (χ3v) is 6.07. The highest BCUT2D eigenvalue weighted by Gasteiger charge is 2.52. The van der Waals surface area contributed by atoms with Gasteiger partial charge in [0.1, 0.15) is 0 Å². The smallest absolute Gasteiger partial charge is 0.393 e. The summed E-state index contributed by atoms with van der Waals surface area (Å²) in [4.78, 5) is 24.8. The van der Waals surface area contributed by atoms with Crippen molar-refractivity contribution in [2.75, 3.05) is 26.2 Å². The lowest BCUT2D eigenvalue weighted by molar-refractivity contribution is -0.188.